The SMILES string of the molecule is CCn1ccnc(NCC2CC(=O)Nc3ccccc32)c1=O. The molecule has 22 heavy (non-hydrogen) atoms. The highest BCUT2D eigenvalue weighted by atomic mass is 16.1. The van der Waals surface area contributed by atoms with Crippen LogP contribution in [0.3, 0.4) is 0 Å². The molecule has 0 aliphatic carbocycles. The van der Waals surface area contributed by atoms with Crippen molar-refractivity contribution in [3.05, 3.63) is 52.6 Å². The smallest absolute Gasteiger partial charge is 0.293 e. The van der Waals surface area contributed by atoms with E-state index in [1.807, 2.05) is 31.2 Å². The van der Waals surface area contributed by atoms with Crippen LogP contribution >= 0.6 is 0 Å². The monoisotopic (exact) mass is 298 g/mol. The average Bonchev–Trinajstić information content (AvgIpc) is 2.53. The number of rotatable bonds is 4. The van der Waals surface area contributed by atoms with Crippen molar-refractivity contribution in [2.24, 2.45) is 0 Å². The number of hydrogen-bond acceptors (Lipinski definition) is 4. The lowest BCUT2D eigenvalue weighted by Crippen LogP contribution is -2.29. The fourth-order valence-electron chi connectivity index (χ4n) is 2.72. The third-order valence-electron chi connectivity index (χ3n) is 3.88. The zero-order chi connectivity index (χ0) is 15.5. The van der Waals surface area contributed by atoms with Gasteiger partial charge in [0.1, 0.15) is 0 Å². The van der Waals surface area contributed by atoms with Crippen LogP contribution in [-0.2, 0) is 11.3 Å². The number of nitrogens with zero attached hydrogens (tertiary/aromatic N) is 2. The molecule has 0 saturated carbocycles. The topological polar surface area (TPSA) is 76.0 Å². The van der Waals surface area contributed by atoms with Gasteiger partial charge in [-0.3, -0.25) is 9.59 Å². The molecule has 0 bridgehead atoms. The molecule has 1 amide bonds. The van der Waals surface area contributed by atoms with Crippen molar-refractivity contribution in [3.8, 4) is 0 Å². The molecule has 1 aliphatic heterocycles. The fourth-order valence-corrected chi connectivity index (χ4v) is 2.72. The third kappa shape index (κ3) is 2.72. The molecule has 1 unspecified atom stereocenters. The molecule has 0 saturated heterocycles. The molecule has 114 valence electrons. The van der Waals surface area contributed by atoms with Crippen LogP contribution in [0.4, 0.5) is 11.5 Å². The quantitative estimate of drug-likeness (QED) is 0.902. The zero-order valence-corrected chi connectivity index (χ0v) is 12.4. The van der Waals surface area contributed by atoms with Gasteiger partial charge in [-0.25, -0.2) is 4.98 Å². The fraction of sp³-hybridized carbons (Fsp3) is 0.312. The highest BCUT2D eigenvalue weighted by Gasteiger charge is 2.24. The Morgan fingerprint density at radius 2 is 2.18 bits per heavy atom. The number of anilines is 2. The van der Waals surface area contributed by atoms with Gasteiger partial charge in [0.05, 0.1) is 0 Å². The first-order valence-electron chi connectivity index (χ1n) is 7.37. The van der Waals surface area contributed by atoms with Gasteiger partial charge in [0.2, 0.25) is 5.91 Å². The third-order valence-corrected chi connectivity index (χ3v) is 3.88. The van der Waals surface area contributed by atoms with Gasteiger partial charge in [-0.1, -0.05) is 18.2 Å². The number of nitrogens with one attached hydrogen (secondary N) is 2. The van der Waals surface area contributed by atoms with E-state index in [9.17, 15) is 9.59 Å². The Labute approximate surface area is 128 Å². The van der Waals surface area contributed by atoms with Crippen molar-refractivity contribution >= 4 is 17.4 Å². The van der Waals surface area contributed by atoms with Crippen molar-refractivity contribution < 1.29 is 4.79 Å². The number of fused-ring (bicyclic) bond motifs is 1. The van der Waals surface area contributed by atoms with Crippen molar-refractivity contribution in [3.63, 3.8) is 0 Å². The summed E-state index contributed by atoms with van der Waals surface area (Å²) < 4.78 is 1.59. The molecule has 6 heteroatoms. The number of aromatic nitrogens is 2. The van der Waals surface area contributed by atoms with Crippen molar-refractivity contribution in [1.82, 2.24) is 9.55 Å². The molecular weight excluding hydrogens is 280 g/mol. The first-order valence-corrected chi connectivity index (χ1v) is 7.37. The number of benzene rings is 1. The summed E-state index contributed by atoms with van der Waals surface area (Å²) in [6.45, 7) is 3.01. The molecule has 1 aromatic heterocycles. The first-order chi connectivity index (χ1) is 10.7. The summed E-state index contributed by atoms with van der Waals surface area (Å²) in [6.07, 6.45) is 3.67. The van der Waals surface area contributed by atoms with E-state index in [-0.39, 0.29) is 17.4 Å². The molecule has 2 aromatic rings. The summed E-state index contributed by atoms with van der Waals surface area (Å²) in [6, 6.07) is 7.75. The number of hydrogen-bond donors (Lipinski definition) is 2. The van der Waals surface area contributed by atoms with E-state index in [0.717, 1.165) is 11.3 Å². The number of carbonyl (C=O) groups is 1. The maximum atomic E-state index is 12.1. The zero-order valence-electron chi connectivity index (χ0n) is 12.4. The second-order valence-corrected chi connectivity index (χ2v) is 5.28. The normalized spacial score (nSPS) is 16.8. The Balaban J connectivity index is 1.80. The summed E-state index contributed by atoms with van der Waals surface area (Å²) in [4.78, 5) is 28.0. The molecule has 6 nitrogen and oxygen atoms in total. The molecule has 0 radical (unpaired) electrons. The van der Waals surface area contributed by atoms with Crippen LogP contribution in [-0.4, -0.2) is 22.0 Å². The largest absolute Gasteiger partial charge is 0.365 e. The lowest BCUT2D eigenvalue weighted by Gasteiger charge is -2.25. The predicted molar refractivity (Wildman–Crippen MR) is 85.1 cm³/mol. The number of para-hydroxylation sites is 1. The van der Waals surface area contributed by atoms with E-state index >= 15 is 0 Å². The summed E-state index contributed by atoms with van der Waals surface area (Å²) in [5.74, 6) is 0.353. The molecular formula is C16H18N4O2. The van der Waals surface area contributed by atoms with Gasteiger partial charge in [0, 0.05) is 43.5 Å². The van der Waals surface area contributed by atoms with E-state index in [2.05, 4.69) is 15.6 Å². The molecule has 2 N–H and O–H groups in total. The number of carbonyl (C=O) groups excluding carboxylic acids is 1. The van der Waals surface area contributed by atoms with Crippen LogP contribution in [0.25, 0.3) is 0 Å². The number of aryl methyl sites for hydroxylation is 1. The summed E-state index contributed by atoms with van der Waals surface area (Å²) in [5, 5.41) is 5.96. The molecule has 2 heterocycles. The van der Waals surface area contributed by atoms with Gasteiger partial charge in [0.15, 0.2) is 5.82 Å². The highest BCUT2D eigenvalue weighted by molar-refractivity contribution is 5.94. The average molecular weight is 298 g/mol. The van der Waals surface area contributed by atoms with E-state index < -0.39 is 0 Å². The van der Waals surface area contributed by atoms with Gasteiger partial charge in [-0.05, 0) is 18.6 Å². The molecule has 1 aliphatic rings. The molecule has 0 spiro atoms. The lowest BCUT2D eigenvalue weighted by molar-refractivity contribution is -0.116. The van der Waals surface area contributed by atoms with Gasteiger partial charge in [0.25, 0.3) is 5.56 Å². The van der Waals surface area contributed by atoms with Crippen molar-refractivity contribution in [2.75, 3.05) is 17.2 Å². The van der Waals surface area contributed by atoms with E-state index in [0.29, 0.717) is 25.3 Å². The van der Waals surface area contributed by atoms with Gasteiger partial charge in [-0.2, -0.15) is 0 Å². The lowest BCUT2D eigenvalue weighted by atomic mass is 9.90. The maximum Gasteiger partial charge on any atom is 0.293 e. The van der Waals surface area contributed by atoms with Crippen molar-refractivity contribution in [1.29, 1.82) is 0 Å². The minimum Gasteiger partial charge on any atom is -0.365 e. The Morgan fingerprint density at radius 3 is 3.00 bits per heavy atom. The highest BCUT2D eigenvalue weighted by Crippen LogP contribution is 2.31. The Morgan fingerprint density at radius 1 is 1.36 bits per heavy atom. The van der Waals surface area contributed by atoms with Crippen LogP contribution < -0.4 is 16.2 Å². The van der Waals surface area contributed by atoms with Gasteiger partial charge < -0.3 is 15.2 Å². The minimum atomic E-state index is -0.140. The van der Waals surface area contributed by atoms with Crippen LogP contribution in [0, 0.1) is 0 Å². The summed E-state index contributed by atoms with van der Waals surface area (Å²) in [5.41, 5.74) is 1.79. The Kier molecular flexibility index (Phi) is 3.91. The molecule has 1 atom stereocenters. The Bertz CT molecular complexity index is 754. The number of amides is 1. The second kappa shape index (κ2) is 6.01. The van der Waals surface area contributed by atoms with Gasteiger partial charge in [-0.15, -0.1) is 0 Å². The van der Waals surface area contributed by atoms with Crippen molar-refractivity contribution in [2.45, 2.75) is 25.8 Å². The van der Waals surface area contributed by atoms with Crippen LogP contribution in [0.15, 0.2) is 41.5 Å². The molecule has 1 aromatic carbocycles. The summed E-state index contributed by atoms with van der Waals surface area (Å²) >= 11 is 0. The van der Waals surface area contributed by atoms with E-state index in [1.165, 1.54) is 0 Å². The van der Waals surface area contributed by atoms with Gasteiger partial charge >= 0.3 is 0 Å². The summed E-state index contributed by atoms with van der Waals surface area (Å²) in [7, 11) is 0. The van der Waals surface area contributed by atoms with Crippen LogP contribution in [0.5, 0.6) is 0 Å². The minimum absolute atomic E-state index is 0.00232. The second-order valence-electron chi connectivity index (χ2n) is 5.28. The standard InChI is InChI=1S/C16H18N4O2/c1-2-20-8-7-17-15(16(20)22)18-10-11-9-14(21)19-13-6-4-3-5-12(11)13/h3-8,11H,2,9-10H2,1H3,(H,17,18)(H,19,21). The van der Waals surface area contributed by atoms with E-state index in [4.69, 9.17) is 0 Å². The molecule has 0 fully saturated rings. The maximum absolute atomic E-state index is 12.1. The first kappa shape index (κ1) is 14.3. The molecule has 3 rings (SSSR count). The van der Waals surface area contributed by atoms with Crippen LogP contribution in [0.1, 0.15) is 24.8 Å². The van der Waals surface area contributed by atoms with Crippen LogP contribution in [0.2, 0.25) is 0 Å². The predicted octanol–water partition coefficient (Wildman–Crippen LogP) is 1.80. The van der Waals surface area contributed by atoms with E-state index in [1.54, 1.807) is 17.0 Å². The Hall–Kier alpha value is -2.63.